The van der Waals surface area contributed by atoms with E-state index in [0.29, 0.717) is 28.1 Å². The predicted molar refractivity (Wildman–Crippen MR) is 77.3 cm³/mol. The summed E-state index contributed by atoms with van der Waals surface area (Å²) in [4.78, 5) is 10.9. The molecule has 3 N–H and O–H groups in total. The maximum atomic E-state index is 14.3. The Balaban J connectivity index is 1.97. The average Bonchev–Trinajstić information content (AvgIpc) is 2.49. The van der Waals surface area contributed by atoms with E-state index in [1.54, 1.807) is 36.4 Å². The van der Waals surface area contributed by atoms with Gasteiger partial charge in [-0.1, -0.05) is 30.3 Å². The Hall–Kier alpha value is -2.89. The molecule has 1 aliphatic rings. The number of rotatable bonds is 2. The van der Waals surface area contributed by atoms with E-state index in [-0.39, 0.29) is 6.61 Å². The fourth-order valence-electron chi connectivity index (χ4n) is 2.11. The van der Waals surface area contributed by atoms with Crippen molar-refractivity contribution in [2.75, 3.05) is 12.3 Å². The van der Waals surface area contributed by atoms with Crippen molar-refractivity contribution in [2.24, 2.45) is 5.10 Å². The van der Waals surface area contributed by atoms with Crippen LogP contribution in [0, 0.1) is 5.82 Å². The molecule has 2 aromatic carbocycles. The van der Waals surface area contributed by atoms with Crippen molar-refractivity contribution in [3.8, 4) is 11.1 Å². The van der Waals surface area contributed by atoms with E-state index in [9.17, 15) is 9.18 Å². The molecular formula is C15H12FN3O2. The van der Waals surface area contributed by atoms with Gasteiger partial charge in [-0.25, -0.2) is 14.6 Å². The summed E-state index contributed by atoms with van der Waals surface area (Å²) in [6.07, 6.45) is -0.618. The molecule has 0 spiro atoms. The summed E-state index contributed by atoms with van der Waals surface area (Å²) in [7, 11) is 0. The molecule has 5 nitrogen and oxygen atoms in total. The second-order valence-corrected chi connectivity index (χ2v) is 4.53. The molecule has 0 fully saturated rings. The number of nitrogens with zero attached hydrogens (tertiary/aromatic N) is 1. The molecule has 0 aliphatic carbocycles. The summed E-state index contributed by atoms with van der Waals surface area (Å²) < 4.78 is 19.1. The minimum Gasteiger partial charge on any atom is -0.442 e. The van der Waals surface area contributed by atoms with Crippen LogP contribution in [0.1, 0.15) is 5.56 Å². The Labute approximate surface area is 120 Å². The molecular weight excluding hydrogens is 273 g/mol. The SMILES string of the molecule is Nc1ccccc1-c1ccc(C2=NNC(=O)OC2)cc1F. The molecule has 0 atom stereocenters. The summed E-state index contributed by atoms with van der Waals surface area (Å²) in [5.41, 5.74) is 10.6. The van der Waals surface area contributed by atoms with E-state index >= 15 is 0 Å². The molecule has 1 amide bonds. The van der Waals surface area contributed by atoms with Crippen LogP contribution in [0.3, 0.4) is 0 Å². The number of para-hydroxylation sites is 1. The average molecular weight is 285 g/mol. The standard InChI is InChI=1S/C15H12FN3O2/c16-12-7-9(14-8-21-15(20)19-18-14)5-6-10(12)11-3-1-2-4-13(11)17/h1-7H,8,17H2,(H,19,20). The number of carbonyl (C=O) groups excluding carboxylic acids is 1. The first-order valence-corrected chi connectivity index (χ1v) is 6.29. The van der Waals surface area contributed by atoms with Crippen LogP contribution in [0.25, 0.3) is 11.1 Å². The Morgan fingerprint density at radius 2 is 2.00 bits per heavy atom. The van der Waals surface area contributed by atoms with Gasteiger partial charge >= 0.3 is 6.09 Å². The van der Waals surface area contributed by atoms with Crippen molar-refractivity contribution in [3.63, 3.8) is 0 Å². The third-order valence-electron chi connectivity index (χ3n) is 3.18. The van der Waals surface area contributed by atoms with E-state index < -0.39 is 11.9 Å². The third kappa shape index (κ3) is 2.55. The molecule has 0 bridgehead atoms. The highest BCUT2D eigenvalue weighted by molar-refractivity contribution is 6.04. The molecule has 21 heavy (non-hydrogen) atoms. The van der Waals surface area contributed by atoms with Crippen LogP contribution in [-0.4, -0.2) is 18.4 Å². The van der Waals surface area contributed by atoms with E-state index in [2.05, 4.69) is 10.5 Å². The number of anilines is 1. The van der Waals surface area contributed by atoms with Gasteiger partial charge in [-0.3, -0.25) is 0 Å². The minimum atomic E-state index is -0.618. The first kappa shape index (κ1) is 13.1. The Kier molecular flexibility index (Phi) is 3.27. The molecule has 0 unspecified atom stereocenters. The number of benzene rings is 2. The molecule has 2 aromatic rings. The number of cyclic esters (lactones) is 1. The van der Waals surface area contributed by atoms with Crippen LogP contribution in [0.4, 0.5) is 14.9 Å². The molecule has 1 heterocycles. The highest BCUT2D eigenvalue weighted by Crippen LogP contribution is 2.28. The number of ether oxygens (including phenoxy) is 1. The topological polar surface area (TPSA) is 76.7 Å². The predicted octanol–water partition coefficient (Wildman–Crippen LogP) is 2.52. The number of amides is 1. The van der Waals surface area contributed by atoms with Gasteiger partial charge in [0.15, 0.2) is 0 Å². The van der Waals surface area contributed by atoms with Crippen molar-refractivity contribution in [1.29, 1.82) is 0 Å². The van der Waals surface area contributed by atoms with Gasteiger partial charge in [0.2, 0.25) is 0 Å². The van der Waals surface area contributed by atoms with Crippen molar-refractivity contribution in [2.45, 2.75) is 0 Å². The summed E-state index contributed by atoms with van der Waals surface area (Å²) in [5.74, 6) is -0.412. The molecule has 106 valence electrons. The van der Waals surface area contributed by atoms with Crippen LogP contribution < -0.4 is 11.2 Å². The largest absolute Gasteiger partial charge is 0.442 e. The Morgan fingerprint density at radius 1 is 1.19 bits per heavy atom. The number of halogens is 1. The van der Waals surface area contributed by atoms with Gasteiger partial charge in [0.25, 0.3) is 0 Å². The number of hydrogen-bond acceptors (Lipinski definition) is 4. The monoisotopic (exact) mass is 285 g/mol. The molecule has 3 rings (SSSR count). The number of nitrogens with two attached hydrogens (primary N) is 1. The summed E-state index contributed by atoms with van der Waals surface area (Å²) in [6, 6.07) is 11.8. The minimum absolute atomic E-state index is 0.0120. The van der Waals surface area contributed by atoms with Crippen molar-refractivity contribution in [3.05, 3.63) is 53.8 Å². The number of nitrogen functional groups attached to an aromatic ring is 1. The van der Waals surface area contributed by atoms with Crippen molar-refractivity contribution >= 4 is 17.5 Å². The second-order valence-electron chi connectivity index (χ2n) is 4.53. The van der Waals surface area contributed by atoms with Crippen LogP contribution in [0.15, 0.2) is 47.6 Å². The molecule has 1 aliphatic heterocycles. The van der Waals surface area contributed by atoms with E-state index in [1.165, 1.54) is 6.07 Å². The van der Waals surface area contributed by atoms with Crippen LogP contribution >= 0.6 is 0 Å². The fraction of sp³-hybridized carbons (Fsp3) is 0.0667. The lowest BCUT2D eigenvalue weighted by atomic mass is 10.00. The summed E-state index contributed by atoms with van der Waals surface area (Å²) in [6.45, 7) is 0.0120. The lowest BCUT2D eigenvalue weighted by molar-refractivity contribution is 0.157. The zero-order valence-corrected chi connectivity index (χ0v) is 11.0. The lowest BCUT2D eigenvalue weighted by Gasteiger charge is -2.14. The van der Waals surface area contributed by atoms with Crippen LogP contribution in [0.2, 0.25) is 0 Å². The Bertz CT molecular complexity index is 743. The normalized spacial score (nSPS) is 14.1. The number of hydrogen-bond donors (Lipinski definition) is 2. The number of hydrazone groups is 1. The Morgan fingerprint density at radius 3 is 2.67 bits per heavy atom. The van der Waals surface area contributed by atoms with E-state index in [0.717, 1.165) is 0 Å². The van der Waals surface area contributed by atoms with Gasteiger partial charge in [-0.15, -0.1) is 0 Å². The fourth-order valence-corrected chi connectivity index (χ4v) is 2.11. The smallest absolute Gasteiger partial charge is 0.428 e. The van der Waals surface area contributed by atoms with E-state index in [4.69, 9.17) is 10.5 Å². The second kappa shape index (κ2) is 5.24. The van der Waals surface area contributed by atoms with Crippen molar-refractivity contribution in [1.82, 2.24) is 5.43 Å². The maximum absolute atomic E-state index is 14.3. The highest BCUT2D eigenvalue weighted by atomic mass is 19.1. The van der Waals surface area contributed by atoms with Gasteiger partial charge in [-0.05, 0) is 12.1 Å². The number of carbonyl (C=O) groups is 1. The van der Waals surface area contributed by atoms with Gasteiger partial charge < -0.3 is 10.5 Å². The van der Waals surface area contributed by atoms with Crippen molar-refractivity contribution < 1.29 is 13.9 Å². The lowest BCUT2D eigenvalue weighted by Crippen LogP contribution is -2.30. The first-order valence-electron chi connectivity index (χ1n) is 6.29. The highest BCUT2D eigenvalue weighted by Gasteiger charge is 2.16. The summed E-state index contributed by atoms with van der Waals surface area (Å²) >= 11 is 0. The third-order valence-corrected chi connectivity index (χ3v) is 3.18. The van der Waals surface area contributed by atoms with Gasteiger partial charge in [0.05, 0.1) is 0 Å². The molecule has 6 heteroatoms. The maximum Gasteiger partial charge on any atom is 0.428 e. The zero-order valence-electron chi connectivity index (χ0n) is 11.0. The molecule has 0 aromatic heterocycles. The first-order chi connectivity index (χ1) is 10.1. The molecule has 0 saturated heterocycles. The number of nitrogens with one attached hydrogen (secondary N) is 1. The van der Waals surface area contributed by atoms with Gasteiger partial charge in [0.1, 0.15) is 18.1 Å². The van der Waals surface area contributed by atoms with Crippen LogP contribution in [0.5, 0.6) is 0 Å². The quantitative estimate of drug-likeness (QED) is 0.832. The van der Waals surface area contributed by atoms with Crippen LogP contribution in [-0.2, 0) is 4.74 Å². The zero-order chi connectivity index (χ0) is 14.8. The molecule has 0 saturated carbocycles. The van der Waals surface area contributed by atoms with Gasteiger partial charge in [0, 0.05) is 22.4 Å². The summed E-state index contributed by atoms with van der Waals surface area (Å²) in [5, 5.41) is 3.84. The molecule has 0 radical (unpaired) electrons. The van der Waals surface area contributed by atoms with Gasteiger partial charge in [-0.2, -0.15) is 5.10 Å². The van der Waals surface area contributed by atoms with E-state index in [1.807, 2.05) is 0 Å².